The molecule has 2 aromatic carbocycles. The minimum Gasteiger partial charge on any atom is -0.497 e. The normalized spacial score (nSPS) is 20.0. The highest BCUT2D eigenvalue weighted by Crippen LogP contribution is 2.37. The molecule has 9 heteroatoms. The number of aliphatic hydroxyl groups is 1. The summed E-state index contributed by atoms with van der Waals surface area (Å²) in [4.78, 5) is 26.1. The molecule has 2 atom stereocenters. The number of hydrogen-bond donors (Lipinski definition) is 2. The average Bonchev–Trinajstić information content (AvgIpc) is 3.26. The molecule has 2 aliphatic rings. The molecule has 0 bridgehead atoms. The Hall–Kier alpha value is -3.72. The lowest BCUT2D eigenvalue weighted by Crippen LogP contribution is -2.52. The third kappa shape index (κ3) is 4.19. The molecule has 3 aromatic rings. The van der Waals surface area contributed by atoms with E-state index in [1.165, 1.54) is 12.1 Å². The number of carbonyl (C=O) groups is 1. The van der Waals surface area contributed by atoms with Gasteiger partial charge in [-0.05, 0) is 67.8 Å². The van der Waals surface area contributed by atoms with Gasteiger partial charge in [-0.1, -0.05) is 0 Å². The molecule has 1 aromatic heterocycles. The third-order valence-electron chi connectivity index (χ3n) is 6.06. The quantitative estimate of drug-likeness (QED) is 0.606. The van der Waals surface area contributed by atoms with E-state index in [0.717, 1.165) is 11.3 Å². The second kappa shape index (κ2) is 8.67. The first kappa shape index (κ1) is 21.1. The van der Waals surface area contributed by atoms with Gasteiger partial charge in [0.25, 0.3) is 0 Å². The number of benzene rings is 2. The van der Waals surface area contributed by atoms with Crippen LogP contribution in [0, 0.1) is 5.82 Å². The van der Waals surface area contributed by atoms with Gasteiger partial charge in [-0.3, -0.25) is 9.80 Å². The Kier molecular flexibility index (Phi) is 5.55. The fourth-order valence-corrected chi connectivity index (χ4v) is 4.36. The number of halogens is 1. The summed E-state index contributed by atoms with van der Waals surface area (Å²) in [7, 11) is 1.60. The molecule has 0 radical (unpaired) electrons. The van der Waals surface area contributed by atoms with Gasteiger partial charge in [0.15, 0.2) is 0 Å². The van der Waals surface area contributed by atoms with Gasteiger partial charge in [-0.2, -0.15) is 4.98 Å². The topological polar surface area (TPSA) is 90.8 Å². The van der Waals surface area contributed by atoms with E-state index in [1.807, 2.05) is 24.3 Å². The van der Waals surface area contributed by atoms with E-state index in [1.54, 1.807) is 35.2 Å². The molecular weight excluding hydrogens is 425 g/mol. The lowest BCUT2D eigenvalue weighted by molar-refractivity contribution is 0.181. The monoisotopic (exact) mass is 449 g/mol. The van der Waals surface area contributed by atoms with Crippen LogP contribution in [0.15, 0.2) is 54.7 Å². The third-order valence-corrected chi connectivity index (χ3v) is 6.06. The molecule has 1 aliphatic carbocycles. The van der Waals surface area contributed by atoms with Crippen molar-refractivity contribution in [2.45, 2.75) is 38.0 Å². The number of urea groups is 1. The fourth-order valence-electron chi connectivity index (χ4n) is 4.36. The summed E-state index contributed by atoms with van der Waals surface area (Å²) >= 11 is 0. The predicted molar refractivity (Wildman–Crippen MR) is 122 cm³/mol. The van der Waals surface area contributed by atoms with Crippen LogP contribution in [-0.4, -0.2) is 40.4 Å². The lowest BCUT2D eigenvalue weighted by atomic mass is 10.1. The number of aliphatic hydroxyl groups excluding tert-OH is 1. The average molecular weight is 449 g/mol. The van der Waals surface area contributed by atoms with Crippen molar-refractivity contribution >= 4 is 29.2 Å². The van der Waals surface area contributed by atoms with Crippen molar-refractivity contribution in [3.63, 3.8) is 0 Å². The molecule has 5 rings (SSSR count). The Morgan fingerprint density at radius 1 is 1.12 bits per heavy atom. The van der Waals surface area contributed by atoms with Crippen LogP contribution in [0.1, 0.15) is 24.8 Å². The van der Waals surface area contributed by atoms with Crippen molar-refractivity contribution in [1.29, 1.82) is 0 Å². The van der Waals surface area contributed by atoms with Crippen LogP contribution < -0.4 is 19.9 Å². The molecular formula is C24H24FN5O3. The van der Waals surface area contributed by atoms with Gasteiger partial charge in [0.05, 0.1) is 19.8 Å². The van der Waals surface area contributed by atoms with Crippen LogP contribution in [0.4, 0.5) is 32.3 Å². The SMILES string of the molecule is COc1ccc(N2Cc3cnc(Nc4ccc(F)cc4)nc3N([C@H]3CC[C@H](O)C3)C2=O)cc1. The number of nitrogens with zero attached hydrogens (tertiary/aromatic N) is 4. The summed E-state index contributed by atoms with van der Waals surface area (Å²) < 4.78 is 18.5. The van der Waals surface area contributed by atoms with Gasteiger partial charge < -0.3 is 15.2 Å². The van der Waals surface area contributed by atoms with E-state index in [2.05, 4.69) is 15.3 Å². The number of aromatic nitrogens is 2. The maximum atomic E-state index is 13.7. The molecule has 8 nitrogen and oxygen atoms in total. The first-order chi connectivity index (χ1) is 16.0. The molecule has 0 unspecified atom stereocenters. The van der Waals surface area contributed by atoms with Crippen LogP contribution in [-0.2, 0) is 6.54 Å². The summed E-state index contributed by atoms with van der Waals surface area (Å²) in [6.45, 7) is 0.323. The number of carbonyl (C=O) groups excluding carboxylic acids is 1. The highest BCUT2D eigenvalue weighted by atomic mass is 19.1. The summed E-state index contributed by atoms with van der Waals surface area (Å²) in [6.07, 6.45) is 3.08. The molecule has 2 N–H and O–H groups in total. The maximum absolute atomic E-state index is 13.7. The first-order valence-electron chi connectivity index (χ1n) is 10.8. The number of methoxy groups -OCH3 is 1. The van der Waals surface area contributed by atoms with E-state index in [0.29, 0.717) is 49.0 Å². The summed E-state index contributed by atoms with van der Waals surface area (Å²) in [6, 6.07) is 12.8. The zero-order valence-corrected chi connectivity index (χ0v) is 18.1. The Morgan fingerprint density at radius 2 is 1.88 bits per heavy atom. The number of hydrogen-bond acceptors (Lipinski definition) is 6. The van der Waals surface area contributed by atoms with Crippen LogP contribution in [0.3, 0.4) is 0 Å². The fraction of sp³-hybridized carbons (Fsp3) is 0.292. The Bertz CT molecular complexity index is 1160. The molecule has 0 saturated heterocycles. The van der Waals surface area contributed by atoms with Gasteiger partial charge in [0, 0.05) is 29.2 Å². The minimum absolute atomic E-state index is 0.166. The van der Waals surface area contributed by atoms with Crippen molar-refractivity contribution in [3.05, 3.63) is 66.1 Å². The number of nitrogens with one attached hydrogen (secondary N) is 1. The van der Waals surface area contributed by atoms with Crippen LogP contribution in [0.2, 0.25) is 0 Å². The molecule has 1 fully saturated rings. The Labute approximate surface area is 190 Å². The van der Waals surface area contributed by atoms with Gasteiger partial charge >= 0.3 is 6.03 Å². The van der Waals surface area contributed by atoms with Gasteiger partial charge in [-0.25, -0.2) is 14.2 Å². The number of anilines is 4. The molecule has 1 aliphatic heterocycles. The van der Waals surface area contributed by atoms with Crippen molar-refractivity contribution in [2.24, 2.45) is 0 Å². The van der Waals surface area contributed by atoms with Crippen LogP contribution in [0.5, 0.6) is 5.75 Å². The smallest absolute Gasteiger partial charge is 0.330 e. The van der Waals surface area contributed by atoms with E-state index in [9.17, 15) is 14.3 Å². The van der Waals surface area contributed by atoms with Crippen molar-refractivity contribution in [3.8, 4) is 5.75 Å². The van der Waals surface area contributed by atoms with E-state index in [-0.39, 0.29) is 17.9 Å². The van der Waals surface area contributed by atoms with Gasteiger partial charge in [-0.15, -0.1) is 0 Å². The molecule has 1 saturated carbocycles. The van der Waals surface area contributed by atoms with Crippen molar-refractivity contribution < 1.29 is 19.0 Å². The zero-order chi connectivity index (χ0) is 22.9. The molecule has 170 valence electrons. The highest BCUT2D eigenvalue weighted by Gasteiger charge is 2.40. The van der Waals surface area contributed by atoms with Crippen LogP contribution >= 0.6 is 0 Å². The summed E-state index contributed by atoms with van der Waals surface area (Å²) in [5.74, 6) is 1.22. The van der Waals surface area contributed by atoms with Crippen LogP contribution in [0.25, 0.3) is 0 Å². The molecule has 0 spiro atoms. The largest absolute Gasteiger partial charge is 0.497 e. The lowest BCUT2D eigenvalue weighted by Gasteiger charge is -2.39. The molecule has 33 heavy (non-hydrogen) atoms. The predicted octanol–water partition coefficient (Wildman–Crippen LogP) is 4.23. The maximum Gasteiger partial charge on any atom is 0.330 e. The summed E-state index contributed by atoms with van der Waals surface area (Å²) in [5.41, 5.74) is 2.18. The Balaban J connectivity index is 1.50. The van der Waals surface area contributed by atoms with E-state index in [4.69, 9.17) is 4.74 Å². The van der Waals surface area contributed by atoms with Gasteiger partial charge in [0.2, 0.25) is 5.95 Å². The van der Waals surface area contributed by atoms with Crippen molar-refractivity contribution in [1.82, 2.24) is 9.97 Å². The molecule has 2 amide bonds. The number of fused-ring (bicyclic) bond motifs is 1. The second-order valence-electron chi connectivity index (χ2n) is 8.23. The van der Waals surface area contributed by atoms with Gasteiger partial charge in [0.1, 0.15) is 17.4 Å². The van der Waals surface area contributed by atoms with E-state index < -0.39 is 6.10 Å². The molecule has 2 heterocycles. The second-order valence-corrected chi connectivity index (χ2v) is 8.23. The zero-order valence-electron chi connectivity index (χ0n) is 18.1. The first-order valence-corrected chi connectivity index (χ1v) is 10.8. The Morgan fingerprint density at radius 3 is 2.55 bits per heavy atom. The standard InChI is InChI=1S/C24H24FN5O3/c1-33-21-10-7-18(8-11-21)29-14-15-13-26-23(27-17-4-2-16(25)3-5-17)28-22(15)30(24(29)32)19-6-9-20(31)12-19/h2-5,7-8,10-11,13,19-20,31H,6,9,12,14H2,1H3,(H,26,27,28)/t19-,20-/m0/s1. The highest BCUT2D eigenvalue weighted by molar-refractivity contribution is 6.06. The number of rotatable bonds is 5. The van der Waals surface area contributed by atoms with Crippen molar-refractivity contribution in [2.75, 3.05) is 22.2 Å². The number of amides is 2. The number of ether oxygens (including phenoxy) is 1. The van der Waals surface area contributed by atoms with E-state index >= 15 is 0 Å². The summed E-state index contributed by atoms with van der Waals surface area (Å²) in [5, 5.41) is 13.2. The minimum atomic E-state index is -0.443.